The van der Waals surface area contributed by atoms with Gasteiger partial charge in [-0.25, -0.2) is 4.79 Å². The average molecular weight is 250 g/mol. The number of benzene rings is 1. The third kappa shape index (κ3) is 5.64. The molecule has 0 spiro atoms. The predicted molar refractivity (Wildman–Crippen MR) is 62.8 cm³/mol. The minimum absolute atomic E-state index is 0.0664. The van der Waals surface area contributed by atoms with Crippen molar-refractivity contribution in [2.45, 2.75) is 19.3 Å². The normalized spacial score (nSPS) is 9.56. The number of hydroxylamine groups is 1. The molecule has 0 aliphatic rings. The van der Waals surface area contributed by atoms with E-state index in [2.05, 4.69) is 4.84 Å². The summed E-state index contributed by atoms with van der Waals surface area (Å²) in [7, 11) is 0. The second-order valence-corrected chi connectivity index (χ2v) is 3.63. The molecule has 3 N–H and O–H groups in total. The summed E-state index contributed by atoms with van der Waals surface area (Å²) in [5.74, 6) is -1.72. The van der Waals surface area contributed by atoms with Crippen LogP contribution in [0.3, 0.4) is 0 Å². The first-order valence-electron chi connectivity index (χ1n) is 5.38. The van der Waals surface area contributed by atoms with Crippen LogP contribution in [0, 0.1) is 0 Å². The molecule has 2 amide bonds. The third-order valence-corrected chi connectivity index (χ3v) is 2.07. The van der Waals surface area contributed by atoms with Gasteiger partial charge < -0.3 is 10.6 Å². The van der Waals surface area contributed by atoms with E-state index in [1.807, 2.05) is 11.5 Å². The highest BCUT2D eigenvalue weighted by molar-refractivity contribution is 5.83. The van der Waals surface area contributed by atoms with Crippen LogP contribution in [0.1, 0.15) is 18.4 Å². The lowest BCUT2D eigenvalue weighted by Gasteiger charge is -2.05. The van der Waals surface area contributed by atoms with Crippen LogP contribution in [-0.2, 0) is 25.6 Å². The van der Waals surface area contributed by atoms with Crippen LogP contribution in [-0.4, -0.2) is 17.8 Å². The largest absolute Gasteiger partial charge is 0.370 e. The number of carbonyl (C=O) groups is 3. The van der Waals surface area contributed by atoms with Crippen LogP contribution >= 0.6 is 0 Å². The minimum Gasteiger partial charge on any atom is -0.370 e. The number of rotatable bonds is 5. The lowest BCUT2D eigenvalue weighted by molar-refractivity contribution is -0.157. The van der Waals surface area contributed by atoms with Gasteiger partial charge in [-0.15, -0.1) is 0 Å². The first-order chi connectivity index (χ1) is 8.58. The molecule has 0 unspecified atom stereocenters. The maximum Gasteiger partial charge on any atom is 0.336 e. The van der Waals surface area contributed by atoms with Gasteiger partial charge in [-0.1, -0.05) is 30.3 Å². The fraction of sp³-hybridized carbons (Fsp3) is 0.250. The zero-order valence-electron chi connectivity index (χ0n) is 9.72. The molecule has 0 atom stereocenters. The molecule has 0 heterocycles. The fourth-order valence-corrected chi connectivity index (χ4v) is 1.20. The van der Waals surface area contributed by atoms with Gasteiger partial charge in [0.15, 0.2) is 0 Å². The van der Waals surface area contributed by atoms with E-state index >= 15 is 0 Å². The summed E-state index contributed by atoms with van der Waals surface area (Å²) in [6, 6.07) is 8.98. The third-order valence-electron chi connectivity index (χ3n) is 2.07. The topological polar surface area (TPSA) is 98.5 Å². The van der Waals surface area contributed by atoms with E-state index in [1.165, 1.54) is 0 Å². The quantitative estimate of drug-likeness (QED) is 0.722. The number of carbonyl (C=O) groups excluding carboxylic acids is 3. The van der Waals surface area contributed by atoms with Crippen molar-refractivity contribution in [2.24, 2.45) is 5.73 Å². The van der Waals surface area contributed by atoms with Gasteiger partial charge in [0.25, 0.3) is 5.91 Å². The summed E-state index contributed by atoms with van der Waals surface area (Å²) >= 11 is 0. The molecule has 6 nitrogen and oxygen atoms in total. The number of nitrogens with one attached hydrogen (secondary N) is 1. The second kappa shape index (κ2) is 7.05. The Morgan fingerprint density at radius 2 is 1.78 bits per heavy atom. The van der Waals surface area contributed by atoms with Crippen molar-refractivity contribution in [3.05, 3.63) is 35.9 Å². The molecule has 0 bridgehead atoms. The molecule has 18 heavy (non-hydrogen) atoms. The maximum atomic E-state index is 11.3. The Kier molecular flexibility index (Phi) is 5.37. The van der Waals surface area contributed by atoms with Gasteiger partial charge in [0.2, 0.25) is 5.91 Å². The molecule has 0 saturated carbocycles. The number of nitrogens with two attached hydrogens (primary N) is 1. The number of primary amides is 1. The smallest absolute Gasteiger partial charge is 0.336 e. The number of amides is 2. The Morgan fingerprint density at radius 1 is 1.11 bits per heavy atom. The Labute approximate surface area is 104 Å². The van der Waals surface area contributed by atoms with Crippen molar-refractivity contribution in [1.29, 1.82) is 0 Å². The van der Waals surface area contributed by atoms with Crippen LogP contribution in [0.4, 0.5) is 0 Å². The van der Waals surface area contributed by atoms with Crippen molar-refractivity contribution < 1.29 is 19.2 Å². The van der Waals surface area contributed by atoms with Crippen molar-refractivity contribution >= 4 is 17.8 Å². The highest BCUT2D eigenvalue weighted by atomic mass is 16.7. The molecule has 0 aliphatic carbocycles. The molecule has 0 aromatic heterocycles. The van der Waals surface area contributed by atoms with Gasteiger partial charge >= 0.3 is 5.97 Å². The SMILES string of the molecule is NC(=O)CCC(=O)NOC(=O)Cc1ccccc1. The second-order valence-electron chi connectivity index (χ2n) is 3.63. The van der Waals surface area contributed by atoms with Crippen LogP contribution < -0.4 is 11.2 Å². The summed E-state index contributed by atoms with van der Waals surface area (Å²) < 4.78 is 0. The molecule has 6 heteroatoms. The summed E-state index contributed by atoms with van der Waals surface area (Å²) in [5, 5.41) is 0. The van der Waals surface area contributed by atoms with E-state index in [9.17, 15) is 14.4 Å². The van der Waals surface area contributed by atoms with Gasteiger partial charge in [0, 0.05) is 12.8 Å². The van der Waals surface area contributed by atoms with Gasteiger partial charge in [-0.3, -0.25) is 9.59 Å². The lowest BCUT2D eigenvalue weighted by atomic mass is 10.2. The van der Waals surface area contributed by atoms with E-state index in [1.54, 1.807) is 24.3 Å². The molecule has 96 valence electrons. The zero-order valence-corrected chi connectivity index (χ0v) is 9.72. The fourth-order valence-electron chi connectivity index (χ4n) is 1.20. The first-order valence-corrected chi connectivity index (χ1v) is 5.38. The van der Waals surface area contributed by atoms with Crippen molar-refractivity contribution in [2.75, 3.05) is 0 Å². The van der Waals surface area contributed by atoms with Crippen molar-refractivity contribution in [3.63, 3.8) is 0 Å². The summed E-state index contributed by atoms with van der Waals surface area (Å²) in [5.41, 5.74) is 7.62. The predicted octanol–water partition coefficient (Wildman–Crippen LogP) is 0.0690. The van der Waals surface area contributed by atoms with Gasteiger partial charge in [-0.2, -0.15) is 5.48 Å². The van der Waals surface area contributed by atoms with E-state index in [0.717, 1.165) is 5.56 Å². The van der Waals surface area contributed by atoms with E-state index in [0.29, 0.717) is 0 Å². The molecular formula is C12H14N2O4. The monoisotopic (exact) mass is 250 g/mol. The zero-order chi connectivity index (χ0) is 13.4. The van der Waals surface area contributed by atoms with E-state index in [4.69, 9.17) is 5.73 Å². The summed E-state index contributed by atoms with van der Waals surface area (Å²) in [6.07, 6.45) is -0.118. The highest BCUT2D eigenvalue weighted by Crippen LogP contribution is 2.00. The average Bonchev–Trinajstić information content (AvgIpc) is 2.35. The first kappa shape index (κ1) is 13.7. The molecule has 0 saturated heterocycles. The molecule has 0 radical (unpaired) electrons. The molecular weight excluding hydrogens is 236 g/mol. The molecule has 1 aromatic carbocycles. The Morgan fingerprint density at radius 3 is 2.39 bits per heavy atom. The molecule has 0 aliphatic heterocycles. The van der Waals surface area contributed by atoms with Crippen LogP contribution in [0.15, 0.2) is 30.3 Å². The van der Waals surface area contributed by atoms with Gasteiger partial charge in [0.05, 0.1) is 6.42 Å². The summed E-state index contributed by atoms with van der Waals surface area (Å²) in [6.45, 7) is 0. The lowest BCUT2D eigenvalue weighted by Crippen LogP contribution is -2.28. The maximum absolute atomic E-state index is 11.3. The van der Waals surface area contributed by atoms with E-state index in [-0.39, 0.29) is 19.3 Å². The Balaban J connectivity index is 2.25. The van der Waals surface area contributed by atoms with Crippen LogP contribution in [0.25, 0.3) is 0 Å². The van der Waals surface area contributed by atoms with Crippen LogP contribution in [0.5, 0.6) is 0 Å². The summed E-state index contributed by atoms with van der Waals surface area (Å²) in [4.78, 5) is 37.4. The van der Waals surface area contributed by atoms with Crippen molar-refractivity contribution in [1.82, 2.24) is 5.48 Å². The van der Waals surface area contributed by atoms with E-state index < -0.39 is 17.8 Å². The standard InChI is InChI=1S/C12H14N2O4/c13-10(15)6-7-11(16)14-18-12(17)8-9-4-2-1-3-5-9/h1-5H,6-8H2,(H2,13,15)(H,14,16). The highest BCUT2D eigenvalue weighted by Gasteiger charge is 2.08. The minimum atomic E-state index is -0.583. The van der Waals surface area contributed by atoms with Gasteiger partial charge in [-0.05, 0) is 5.56 Å². The number of hydrogen-bond acceptors (Lipinski definition) is 4. The Hall–Kier alpha value is -2.37. The molecule has 0 fully saturated rings. The molecule has 1 rings (SSSR count). The van der Waals surface area contributed by atoms with Crippen molar-refractivity contribution in [3.8, 4) is 0 Å². The number of hydrogen-bond donors (Lipinski definition) is 2. The molecule has 1 aromatic rings. The van der Waals surface area contributed by atoms with Gasteiger partial charge in [0.1, 0.15) is 0 Å². The van der Waals surface area contributed by atoms with Crippen LogP contribution in [0.2, 0.25) is 0 Å². The Bertz CT molecular complexity index is 431.